The van der Waals surface area contributed by atoms with Crippen molar-refractivity contribution in [3.63, 3.8) is 0 Å². The summed E-state index contributed by atoms with van der Waals surface area (Å²) < 4.78 is 52.8. The Balaban J connectivity index is 1.51. The van der Waals surface area contributed by atoms with Gasteiger partial charge in [0.2, 0.25) is 5.91 Å². The first-order valence-electron chi connectivity index (χ1n) is 14.2. The lowest BCUT2D eigenvalue weighted by Gasteiger charge is -2.18. The molecule has 2 fully saturated rings. The number of esters is 1. The van der Waals surface area contributed by atoms with E-state index in [0.29, 0.717) is 52.9 Å². The molecule has 42 heavy (non-hydrogen) atoms. The summed E-state index contributed by atoms with van der Waals surface area (Å²) in [6, 6.07) is 15.1. The van der Waals surface area contributed by atoms with Crippen LogP contribution in [0.1, 0.15) is 61.5 Å². The van der Waals surface area contributed by atoms with Crippen LogP contribution in [-0.2, 0) is 15.7 Å². The monoisotopic (exact) mass is 577 g/mol. The highest BCUT2D eigenvalue weighted by Gasteiger charge is 2.34. The Kier molecular flexibility index (Phi) is 7.38. The van der Waals surface area contributed by atoms with Crippen molar-refractivity contribution >= 4 is 28.5 Å². The third-order valence-corrected chi connectivity index (χ3v) is 7.84. The van der Waals surface area contributed by atoms with Gasteiger partial charge in [0.05, 0.1) is 35.2 Å². The fourth-order valence-corrected chi connectivity index (χ4v) is 5.85. The summed E-state index contributed by atoms with van der Waals surface area (Å²) in [5.74, 6) is 0.0484. The molecule has 0 spiro atoms. The van der Waals surface area contributed by atoms with Gasteiger partial charge in [-0.1, -0.05) is 6.07 Å². The zero-order valence-corrected chi connectivity index (χ0v) is 23.1. The molecule has 2 aromatic carbocycles. The average Bonchev–Trinajstić information content (AvgIpc) is 3.72. The lowest BCUT2D eigenvalue weighted by atomic mass is 10.1. The molecule has 1 amide bonds. The van der Waals surface area contributed by atoms with Crippen molar-refractivity contribution < 1.29 is 32.2 Å². The highest BCUT2D eigenvalue weighted by atomic mass is 19.4. The summed E-state index contributed by atoms with van der Waals surface area (Å²) in [6.07, 6.45) is 1.86. The molecule has 1 aliphatic carbocycles. The topological polar surface area (TPSA) is 73.7 Å². The van der Waals surface area contributed by atoms with E-state index in [1.807, 2.05) is 24.3 Å². The fourth-order valence-electron chi connectivity index (χ4n) is 5.85. The molecule has 6 rings (SSSR count). The van der Waals surface area contributed by atoms with Gasteiger partial charge in [-0.25, -0.2) is 4.79 Å². The number of fused-ring (bicyclic) bond motifs is 1. The number of amides is 1. The first-order valence-corrected chi connectivity index (χ1v) is 14.2. The summed E-state index contributed by atoms with van der Waals surface area (Å²) in [5.41, 5.74) is 2.01. The number of carbonyl (C=O) groups is 2. The predicted octanol–water partition coefficient (Wildman–Crippen LogP) is 7.34. The molecular weight excluding hydrogens is 547 g/mol. The molecule has 2 aliphatic rings. The quantitative estimate of drug-likeness (QED) is 0.215. The Morgan fingerprint density at radius 2 is 1.79 bits per heavy atom. The molecule has 0 unspecified atom stereocenters. The number of hydrogen-bond acceptors (Lipinski definition) is 5. The van der Waals surface area contributed by atoms with Crippen LogP contribution in [0.15, 0.2) is 60.8 Å². The molecule has 0 radical (unpaired) electrons. The first-order chi connectivity index (χ1) is 20.2. The number of carbonyl (C=O) groups excluding carboxylic acids is 2. The van der Waals surface area contributed by atoms with Gasteiger partial charge in [-0.15, -0.1) is 0 Å². The smallest absolute Gasteiger partial charge is 0.417 e. The van der Waals surface area contributed by atoms with Gasteiger partial charge in [0.25, 0.3) is 0 Å². The van der Waals surface area contributed by atoms with Crippen LogP contribution >= 0.6 is 0 Å². The van der Waals surface area contributed by atoms with Crippen molar-refractivity contribution in [2.45, 2.75) is 57.7 Å². The fraction of sp³-hybridized carbons (Fsp3) is 0.344. The highest BCUT2D eigenvalue weighted by molar-refractivity contribution is 6.14. The van der Waals surface area contributed by atoms with Gasteiger partial charge in [-0.2, -0.15) is 13.2 Å². The highest BCUT2D eigenvalue weighted by Crippen LogP contribution is 2.41. The molecule has 0 bridgehead atoms. The molecule has 1 saturated carbocycles. The lowest BCUT2D eigenvalue weighted by molar-refractivity contribution is -0.137. The van der Waals surface area contributed by atoms with E-state index >= 15 is 0 Å². The van der Waals surface area contributed by atoms with Crippen LogP contribution in [0, 0.1) is 0 Å². The number of nitrogens with zero attached hydrogens (tertiary/aromatic N) is 3. The number of rotatable bonds is 7. The Hall–Kier alpha value is -4.34. The van der Waals surface area contributed by atoms with Gasteiger partial charge in [0.15, 0.2) is 5.69 Å². The van der Waals surface area contributed by atoms with Gasteiger partial charge >= 0.3 is 12.1 Å². The summed E-state index contributed by atoms with van der Waals surface area (Å²) in [5, 5.41) is 0.596. The Morgan fingerprint density at radius 1 is 1.02 bits per heavy atom. The van der Waals surface area contributed by atoms with E-state index in [4.69, 9.17) is 9.47 Å². The second-order valence-electron chi connectivity index (χ2n) is 10.6. The van der Waals surface area contributed by atoms with Gasteiger partial charge < -0.3 is 18.9 Å². The van der Waals surface area contributed by atoms with E-state index in [2.05, 4.69) is 4.98 Å². The van der Waals surface area contributed by atoms with Crippen molar-refractivity contribution in [3.8, 4) is 22.7 Å². The van der Waals surface area contributed by atoms with Crippen molar-refractivity contribution in [3.05, 3.63) is 72.1 Å². The van der Waals surface area contributed by atoms with Gasteiger partial charge in [0, 0.05) is 35.8 Å². The number of alkyl halides is 3. The number of ether oxygens (including phenoxy) is 2. The minimum absolute atomic E-state index is 0.113. The molecule has 0 N–H and O–H groups in total. The largest absolute Gasteiger partial charge is 0.490 e. The van der Waals surface area contributed by atoms with Crippen LogP contribution in [-0.4, -0.2) is 40.7 Å². The predicted molar refractivity (Wildman–Crippen MR) is 152 cm³/mol. The van der Waals surface area contributed by atoms with Crippen LogP contribution in [0.5, 0.6) is 5.75 Å². The number of anilines is 1. The SMILES string of the molecule is CCOC(=O)c1c(N2CCCC2=O)c2cc(-c3ccc(C(F)(F)F)cn3)ccc2n1-c1ccc(OC2CCCC2)cc1. The maximum absolute atomic E-state index is 13.6. The molecular formula is C32H30F3N3O4. The molecule has 3 heterocycles. The van der Waals surface area contributed by atoms with E-state index in [-0.39, 0.29) is 24.3 Å². The third-order valence-electron chi connectivity index (χ3n) is 7.84. The van der Waals surface area contributed by atoms with Crippen LogP contribution in [0.2, 0.25) is 0 Å². The number of benzene rings is 2. The summed E-state index contributed by atoms with van der Waals surface area (Å²) in [7, 11) is 0. The van der Waals surface area contributed by atoms with Crippen LogP contribution in [0.25, 0.3) is 27.8 Å². The van der Waals surface area contributed by atoms with Crippen molar-refractivity contribution in [1.82, 2.24) is 9.55 Å². The normalized spacial score (nSPS) is 16.0. The summed E-state index contributed by atoms with van der Waals surface area (Å²) >= 11 is 0. The minimum Gasteiger partial charge on any atom is -0.490 e. The summed E-state index contributed by atoms with van der Waals surface area (Å²) in [4.78, 5) is 32.2. The number of pyridine rings is 1. The molecule has 10 heteroatoms. The molecule has 4 aromatic rings. The van der Waals surface area contributed by atoms with Gasteiger partial charge in [0.1, 0.15) is 5.75 Å². The molecule has 218 valence electrons. The molecule has 1 saturated heterocycles. The molecule has 7 nitrogen and oxygen atoms in total. The lowest BCUT2D eigenvalue weighted by Crippen LogP contribution is -2.26. The molecule has 2 aromatic heterocycles. The van der Waals surface area contributed by atoms with Crippen LogP contribution in [0.4, 0.5) is 18.9 Å². The van der Waals surface area contributed by atoms with Crippen LogP contribution in [0.3, 0.4) is 0 Å². The van der Waals surface area contributed by atoms with Crippen LogP contribution < -0.4 is 9.64 Å². The van der Waals surface area contributed by atoms with E-state index in [9.17, 15) is 22.8 Å². The van der Waals surface area contributed by atoms with Crippen molar-refractivity contribution in [1.29, 1.82) is 0 Å². The number of halogens is 3. The van der Waals surface area contributed by atoms with E-state index < -0.39 is 17.7 Å². The first kappa shape index (κ1) is 27.8. The Labute approximate surface area is 240 Å². The zero-order valence-electron chi connectivity index (χ0n) is 23.1. The maximum Gasteiger partial charge on any atom is 0.417 e. The van der Waals surface area contributed by atoms with E-state index in [1.165, 1.54) is 6.07 Å². The maximum atomic E-state index is 13.6. The van der Waals surface area contributed by atoms with Crippen molar-refractivity contribution in [2.75, 3.05) is 18.1 Å². The summed E-state index contributed by atoms with van der Waals surface area (Å²) in [6.45, 7) is 2.29. The third kappa shape index (κ3) is 5.21. The Bertz CT molecular complexity index is 1620. The van der Waals surface area contributed by atoms with E-state index in [1.54, 1.807) is 34.6 Å². The average molecular weight is 578 g/mol. The zero-order chi connectivity index (χ0) is 29.4. The molecule has 1 aliphatic heterocycles. The van der Waals surface area contributed by atoms with Gasteiger partial charge in [-0.3, -0.25) is 9.78 Å². The second kappa shape index (κ2) is 11.2. The second-order valence-corrected chi connectivity index (χ2v) is 10.6. The number of hydrogen-bond donors (Lipinski definition) is 0. The minimum atomic E-state index is -4.50. The van der Waals surface area contributed by atoms with Crippen molar-refractivity contribution in [2.24, 2.45) is 0 Å². The number of aromatic nitrogens is 2. The standard InChI is InChI=1S/C32H30F3N3O4/c1-2-41-31(40)30-29(37-17-5-8-28(37)39)25-18-20(26-15-10-21(19-36-26)32(33,34)35)9-16-27(25)38(30)22-11-13-24(14-12-22)42-23-6-3-4-7-23/h9-16,18-19,23H,2-8,17H2,1H3. The Morgan fingerprint density at radius 3 is 2.40 bits per heavy atom. The van der Waals surface area contributed by atoms with E-state index in [0.717, 1.165) is 43.7 Å². The van der Waals surface area contributed by atoms with Gasteiger partial charge in [-0.05, 0) is 87.6 Å². The molecule has 0 atom stereocenters.